The molecular formula is C7H13NO3S. The normalized spacial score (nSPS) is 23.2. The summed E-state index contributed by atoms with van der Waals surface area (Å²) < 4.78 is 4.48. The third-order valence-corrected chi connectivity index (χ3v) is 2.11. The van der Waals surface area contributed by atoms with Gasteiger partial charge in [-0.3, -0.25) is 4.79 Å². The highest BCUT2D eigenvalue weighted by atomic mass is 32.1. The van der Waals surface area contributed by atoms with Crippen LogP contribution in [0.4, 0.5) is 0 Å². The first-order valence-corrected chi connectivity index (χ1v) is 4.32. The van der Waals surface area contributed by atoms with E-state index in [1.807, 2.05) is 0 Å². The number of likely N-dealkylation sites (tertiary alicyclic amines) is 1. The molecule has 0 aromatic carbocycles. The van der Waals surface area contributed by atoms with Crippen LogP contribution in [-0.4, -0.2) is 41.7 Å². The third-order valence-electron chi connectivity index (χ3n) is 1.92. The molecule has 1 rings (SSSR count). The second kappa shape index (κ2) is 4.69. The van der Waals surface area contributed by atoms with Gasteiger partial charge in [0.15, 0.2) is 0 Å². The molecule has 1 fully saturated rings. The monoisotopic (exact) mass is 191 g/mol. The van der Waals surface area contributed by atoms with Crippen LogP contribution < -0.4 is 0 Å². The predicted molar refractivity (Wildman–Crippen MR) is 46.8 cm³/mol. The number of β-amino-alcohol motifs (C(OH)–C–C–N with tert-alkyl or cyclic N) is 1. The van der Waals surface area contributed by atoms with E-state index in [9.17, 15) is 4.79 Å². The Morgan fingerprint density at radius 1 is 1.75 bits per heavy atom. The molecule has 1 amide bonds. The molecule has 1 saturated heterocycles. The average molecular weight is 191 g/mol. The minimum atomic E-state index is -0.342. The zero-order valence-corrected chi connectivity index (χ0v) is 7.67. The van der Waals surface area contributed by atoms with E-state index in [1.165, 1.54) is 0 Å². The Hall–Kier alpha value is -0.260. The third kappa shape index (κ3) is 2.66. The Morgan fingerprint density at radius 3 is 3.00 bits per heavy atom. The standard InChI is InChI=1S/C7H13NO3S/c9-6-1-3-8(5-6)7(10)2-4-11-12/h6,9,12H,1-5H2/t6-/m0/s1. The summed E-state index contributed by atoms with van der Waals surface area (Å²) in [6.45, 7) is 1.45. The lowest BCUT2D eigenvalue weighted by Crippen LogP contribution is -2.29. The molecule has 5 heteroatoms. The fourth-order valence-corrected chi connectivity index (χ4v) is 1.35. The summed E-state index contributed by atoms with van der Waals surface area (Å²) in [5, 5.41) is 9.13. The van der Waals surface area contributed by atoms with Crippen molar-refractivity contribution in [1.82, 2.24) is 4.90 Å². The summed E-state index contributed by atoms with van der Waals surface area (Å²) in [7, 11) is 0. The number of hydrogen-bond acceptors (Lipinski definition) is 4. The number of carbonyl (C=O) groups is 1. The zero-order valence-electron chi connectivity index (χ0n) is 6.77. The molecule has 12 heavy (non-hydrogen) atoms. The fourth-order valence-electron chi connectivity index (χ4n) is 1.26. The number of aliphatic hydroxyl groups is 1. The molecule has 0 aromatic rings. The van der Waals surface area contributed by atoms with E-state index >= 15 is 0 Å². The topological polar surface area (TPSA) is 49.8 Å². The lowest BCUT2D eigenvalue weighted by atomic mass is 10.3. The highest BCUT2D eigenvalue weighted by molar-refractivity contribution is 7.75. The first kappa shape index (κ1) is 9.83. The van der Waals surface area contributed by atoms with Crippen LogP contribution in [-0.2, 0) is 8.98 Å². The van der Waals surface area contributed by atoms with Crippen LogP contribution in [0.3, 0.4) is 0 Å². The van der Waals surface area contributed by atoms with Crippen LogP contribution in [0, 0.1) is 0 Å². The summed E-state index contributed by atoms with van der Waals surface area (Å²) in [6.07, 6.45) is 0.690. The van der Waals surface area contributed by atoms with Crippen molar-refractivity contribution in [2.75, 3.05) is 19.7 Å². The van der Waals surface area contributed by atoms with Gasteiger partial charge in [-0.05, 0) is 19.3 Å². The maximum absolute atomic E-state index is 11.3. The number of aliphatic hydroxyl groups excluding tert-OH is 1. The molecular weight excluding hydrogens is 178 g/mol. The molecule has 4 nitrogen and oxygen atoms in total. The summed E-state index contributed by atoms with van der Waals surface area (Å²) in [5.41, 5.74) is 0. The lowest BCUT2D eigenvalue weighted by molar-refractivity contribution is -0.130. The fraction of sp³-hybridized carbons (Fsp3) is 0.857. The summed E-state index contributed by atoms with van der Waals surface area (Å²) >= 11 is 3.54. The van der Waals surface area contributed by atoms with Crippen molar-refractivity contribution in [3.05, 3.63) is 0 Å². The molecule has 0 aliphatic carbocycles. The van der Waals surface area contributed by atoms with Crippen LogP contribution in [0.25, 0.3) is 0 Å². The maximum atomic E-state index is 11.3. The molecule has 1 N–H and O–H groups in total. The number of rotatable bonds is 3. The molecule has 0 aromatic heterocycles. The van der Waals surface area contributed by atoms with Crippen LogP contribution >= 0.6 is 12.9 Å². The van der Waals surface area contributed by atoms with Gasteiger partial charge in [-0.1, -0.05) is 0 Å². The molecule has 0 unspecified atom stereocenters. The molecule has 1 aliphatic heterocycles. The van der Waals surface area contributed by atoms with Crippen molar-refractivity contribution < 1.29 is 14.1 Å². The van der Waals surface area contributed by atoms with Gasteiger partial charge in [0.2, 0.25) is 5.91 Å². The molecule has 0 saturated carbocycles. The van der Waals surface area contributed by atoms with E-state index in [0.29, 0.717) is 32.5 Å². The molecule has 0 spiro atoms. The van der Waals surface area contributed by atoms with E-state index in [0.717, 1.165) is 0 Å². The van der Waals surface area contributed by atoms with E-state index in [4.69, 9.17) is 5.11 Å². The van der Waals surface area contributed by atoms with Crippen molar-refractivity contribution in [3.63, 3.8) is 0 Å². The largest absolute Gasteiger partial charge is 0.391 e. The van der Waals surface area contributed by atoms with Crippen LogP contribution in [0.1, 0.15) is 12.8 Å². The summed E-state index contributed by atoms with van der Waals surface area (Å²) in [6, 6.07) is 0. The van der Waals surface area contributed by atoms with E-state index in [1.54, 1.807) is 4.90 Å². The van der Waals surface area contributed by atoms with Crippen LogP contribution in [0.15, 0.2) is 0 Å². The zero-order chi connectivity index (χ0) is 8.97. The second-order valence-electron chi connectivity index (χ2n) is 2.87. The van der Waals surface area contributed by atoms with Crippen LogP contribution in [0.5, 0.6) is 0 Å². The number of thiol groups is 1. The molecule has 1 heterocycles. The first-order chi connectivity index (χ1) is 5.74. The van der Waals surface area contributed by atoms with E-state index < -0.39 is 0 Å². The molecule has 70 valence electrons. The highest BCUT2D eigenvalue weighted by Gasteiger charge is 2.23. The average Bonchev–Trinajstić information content (AvgIpc) is 2.47. The van der Waals surface area contributed by atoms with Crippen molar-refractivity contribution >= 4 is 18.8 Å². The quantitative estimate of drug-likeness (QED) is 0.481. The number of nitrogens with zero attached hydrogens (tertiary/aromatic N) is 1. The second-order valence-corrected chi connectivity index (χ2v) is 3.12. The van der Waals surface area contributed by atoms with E-state index in [2.05, 4.69) is 17.1 Å². The van der Waals surface area contributed by atoms with Gasteiger partial charge in [-0.25, -0.2) is 0 Å². The van der Waals surface area contributed by atoms with Gasteiger partial charge < -0.3 is 14.2 Å². The van der Waals surface area contributed by atoms with Gasteiger partial charge in [-0.15, -0.1) is 0 Å². The smallest absolute Gasteiger partial charge is 0.225 e. The lowest BCUT2D eigenvalue weighted by Gasteiger charge is -2.14. The SMILES string of the molecule is O=C(CCOS)N1CC[C@H](O)C1. The van der Waals surface area contributed by atoms with Gasteiger partial charge in [0.25, 0.3) is 0 Å². The Kier molecular flexibility index (Phi) is 3.84. The Labute approximate surface area is 77.1 Å². The van der Waals surface area contributed by atoms with Crippen molar-refractivity contribution in [2.24, 2.45) is 0 Å². The van der Waals surface area contributed by atoms with E-state index in [-0.39, 0.29) is 12.0 Å². The highest BCUT2D eigenvalue weighted by Crippen LogP contribution is 2.09. The van der Waals surface area contributed by atoms with Crippen molar-refractivity contribution in [1.29, 1.82) is 0 Å². The minimum Gasteiger partial charge on any atom is -0.391 e. The van der Waals surface area contributed by atoms with Crippen LogP contribution in [0.2, 0.25) is 0 Å². The first-order valence-electron chi connectivity index (χ1n) is 3.96. The predicted octanol–water partition coefficient (Wildman–Crippen LogP) is -0.169. The maximum Gasteiger partial charge on any atom is 0.225 e. The molecule has 1 atom stereocenters. The molecule has 0 bridgehead atoms. The van der Waals surface area contributed by atoms with Gasteiger partial charge in [0.1, 0.15) is 0 Å². The van der Waals surface area contributed by atoms with Crippen molar-refractivity contribution in [3.8, 4) is 0 Å². The number of amides is 1. The van der Waals surface area contributed by atoms with Gasteiger partial charge in [0.05, 0.1) is 19.1 Å². The molecule has 0 radical (unpaired) electrons. The van der Waals surface area contributed by atoms with Gasteiger partial charge >= 0.3 is 0 Å². The Balaban J connectivity index is 2.23. The summed E-state index contributed by atoms with van der Waals surface area (Å²) in [4.78, 5) is 12.9. The Morgan fingerprint density at radius 2 is 2.50 bits per heavy atom. The Bertz CT molecular complexity index is 165. The molecule has 1 aliphatic rings. The van der Waals surface area contributed by atoms with Gasteiger partial charge in [0, 0.05) is 13.1 Å². The minimum absolute atomic E-state index is 0.0283. The number of hydrogen-bond donors (Lipinski definition) is 2. The van der Waals surface area contributed by atoms with Gasteiger partial charge in [-0.2, -0.15) is 0 Å². The van der Waals surface area contributed by atoms with Crippen molar-refractivity contribution in [2.45, 2.75) is 18.9 Å². The number of carbonyl (C=O) groups excluding carboxylic acids is 1. The summed E-state index contributed by atoms with van der Waals surface area (Å²) in [5.74, 6) is 0.0283.